The van der Waals surface area contributed by atoms with Crippen LogP contribution in [0.1, 0.15) is 21.5 Å². The van der Waals surface area contributed by atoms with Gasteiger partial charge in [0.1, 0.15) is 5.82 Å². The number of rotatable bonds is 6. The number of para-hydroxylation sites is 1. The van der Waals surface area contributed by atoms with Crippen molar-refractivity contribution in [2.45, 2.75) is 18.2 Å². The Balaban J connectivity index is 2.31. The summed E-state index contributed by atoms with van der Waals surface area (Å²) in [6, 6.07) is 16.9. The van der Waals surface area contributed by atoms with E-state index in [1.807, 2.05) is 29.5 Å². The molecule has 3 aromatic carbocycles. The molecule has 0 aliphatic rings. The molecule has 154 valence electrons. The molecular weight excluding hydrogens is 516 g/mol. The van der Waals surface area contributed by atoms with Crippen molar-refractivity contribution in [3.05, 3.63) is 105 Å². The van der Waals surface area contributed by atoms with E-state index in [2.05, 4.69) is 6.58 Å². The van der Waals surface area contributed by atoms with Crippen LogP contribution in [0.2, 0.25) is 0 Å². The number of carbonyl (C=O) groups is 1. The van der Waals surface area contributed by atoms with Crippen LogP contribution in [0.25, 0.3) is 0 Å². The van der Waals surface area contributed by atoms with Crippen molar-refractivity contribution in [1.29, 1.82) is 0 Å². The fraction of sp³-hybridized carbons (Fsp3) is 0.0870. The zero-order chi connectivity index (χ0) is 21.9. The summed E-state index contributed by atoms with van der Waals surface area (Å²) in [5.41, 5.74) is 1.09. The van der Waals surface area contributed by atoms with Crippen molar-refractivity contribution >= 4 is 44.2 Å². The zero-order valence-electron chi connectivity index (χ0n) is 16.2. The van der Waals surface area contributed by atoms with Crippen molar-refractivity contribution in [2.24, 2.45) is 0 Å². The second-order valence-electron chi connectivity index (χ2n) is 6.61. The maximum Gasteiger partial charge on any atom is 0.273 e. The lowest BCUT2D eigenvalue weighted by molar-refractivity contribution is 0.100. The number of amides is 1. The second kappa shape index (κ2) is 9.09. The molecule has 4 nitrogen and oxygen atoms in total. The Kier molecular flexibility index (Phi) is 6.72. The van der Waals surface area contributed by atoms with Gasteiger partial charge < -0.3 is 0 Å². The lowest BCUT2D eigenvalue weighted by atomic mass is 10.1. The van der Waals surface area contributed by atoms with Crippen LogP contribution in [0.3, 0.4) is 0 Å². The Labute approximate surface area is 189 Å². The molecule has 7 heteroatoms. The molecule has 0 spiro atoms. The third-order valence-electron chi connectivity index (χ3n) is 4.49. The Hall–Kier alpha value is -2.52. The van der Waals surface area contributed by atoms with Gasteiger partial charge in [0.25, 0.3) is 15.9 Å². The van der Waals surface area contributed by atoms with Crippen LogP contribution in [-0.2, 0) is 16.4 Å². The van der Waals surface area contributed by atoms with E-state index in [9.17, 15) is 13.2 Å². The molecule has 1 amide bonds. The van der Waals surface area contributed by atoms with Gasteiger partial charge in [0.05, 0.1) is 16.1 Å². The highest BCUT2D eigenvalue weighted by Gasteiger charge is 2.35. The molecule has 0 saturated heterocycles. The van der Waals surface area contributed by atoms with Crippen molar-refractivity contribution < 1.29 is 17.6 Å². The predicted octanol–water partition coefficient (Wildman–Crippen LogP) is 5.50. The highest BCUT2D eigenvalue weighted by molar-refractivity contribution is 14.1. The third kappa shape index (κ3) is 4.32. The average molecular weight is 535 g/mol. The SMILES string of the molecule is C=CCc1cccc(F)c1N(C(=O)c1ccccc1I)S(=O)(=O)c1ccc(C)cc1. The van der Waals surface area contributed by atoms with Crippen LogP contribution in [0.4, 0.5) is 10.1 Å². The normalized spacial score (nSPS) is 11.2. The summed E-state index contributed by atoms with van der Waals surface area (Å²) < 4.78 is 43.3. The first-order valence-electron chi connectivity index (χ1n) is 9.06. The number of sulfonamides is 1. The molecule has 0 aromatic heterocycles. The van der Waals surface area contributed by atoms with E-state index >= 15 is 4.39 Å². The van der Waals surface area contributed by atoms with E-state index in [0.29, 0.717) is 13.4 Å². The number of allylic oxidation sites excluding steroid dienone is 1. The smallest absolute Gasteiger partial charge is 0.268 e. The molecule has 0 bridgehead atoms. The molecule has 0 saturated carbocycles. The Morgan fingerprint density at radius 2 is 1.73 bits per heavy atom. The zero-order valence-corrected chi connectivity index (χ0v) is 19.2. The van der Waals surface area contributed by atoms with Gasteiger partial charge in [-0.2, -0.15) is 4.31 Å². The summed E-state index contributed by atoms with van der Waals surface area (Å²) in [7, 11) is -4.39. The van der Waals surface area contributed by atoms with Gasteiger partial charge >= 0.3 is 0 Å². The van der Waals surface area contributed by atoms with E-state index < -0.39 is 21.7 Å². The van der Waals surface area contributed by atoms with Crippen molar-refractivity contribution in [3.63, 3.8) is 0 Å². The number of hydrogen-bond donors (Lipinski definition) is 0. The summed E-state index contributed by atoms with van der Waals surface area (Å²) in [4.78, 5) is 13.4. The standard InChI is InChI=1S/C23H19FINO3S/c1-3-7-17-8-6-10-20(24)22(17)26(23(27)19-9-4-5-11-21(19)25)30(28,29)18-14-12-16(2)13-15-18/h3-6,8-15H,1,7H2,2H3. The van der Waals surface area contributed by atoms with Crippen LogP contribution >= 0.6 is 22.6 Å². The number of halogens is 2. The number of benzene rings is 3. The van der Waals surface area contributed by atoms with Gasteiger partial charge in [0, 0.05) is 3.57 Å². The highest BCUT2D eigenvalue weighted by atomic mass is 127. The molecule has 30 heavy (non-hydrogen) atoms. The van der Waals surface area contributed by atoms with Gasteiger partial charge in [-0.25, -0.2) is 12.8 Å². The largest absolute Gasteiger partial charge is 0.273 e. The van der Waals surface area contributed by atoms with Crippen LogP contribution in [-0.4, -0.2) is 14.3 Å². The number of nitrogens with zero attached hydrogens (tertiary/aromatic N) is 1. The van der Waals surface area contributed by atoms with E-state index in [4.69, 9.17) is 0 Å². The van der Waals surface area contributed by atoms with E-state index in [-0.39, 0.29) is 22.6 Å². The number of aryl methyl sites for hydroxylation is 1. The molecule has 0 atom stereocenters. The molecule has 0 aliphatic heterocycles. The summed E-state index contributed by atoms with van der Waals surface area (Å²) in [5, 5.41) is 0. The lowest BCUT2D eigenvalue weighted by Gasteiger charge is -2.25. The number of carbonyl (C=O) groups excluding carboxylic acids is 1. The Morgan fingerprint density at radius 1 is 1.07 bits per heavy atom. The first-order valence-corrected chi connectivity index (χ1v) is 11.6. The van der Waals surface area contributed by atoms with Gasteiger partial charge in [-0.05, 0) is 71.8 Å². The van der Waals surface area contributed by atoms with Gasteiger partial charge in [0.2, 0.25) is 0 Å². The highest BCUT2D eigenvalue weighted by Crippen LogP contribution is 2.33. The van der Waals surface area contributed by atoms with Crippen molar-refractivity contribution in [2.75, 3.05) is 4.31 Å². The Bertz CT molecular complexity index is 1210. The Morgan fingerprint density at radius 3 is 2.37 bits per heavy atom. The van der Waals surface area contributed by atoms with E-state index in [0.717, 1.165) is 11.6 Å². The fourth-order valence-corrected chi connectivity index (χ4v) is 5.07. The van der Waals surface area contributed by atoms with Gasteiger partial charge in [-0.3, -0.25) is 4.79 Å². The van der Waals surface area contributed by atoms with Crippen LogP contribution in [0.15, 0.2) is 84.3 Å². The molecule has 3 aromatic rings. The van der Waals surface area contributed by atoms with Crippen molar-refractivity contribution in [1.82, 2.24) is 0 Å². The monoisotopic (exact) mass is 535 g/mol. The van der Waals surface area contributed by atoms with E-state index in [1.165, 1.54) is 30.3 Å². The maximum atomic E-state index is 15.0. The minimum Gasteiger partial charge on any atom is -0.268 e. The molecule has 0 fully saturated rings. The van der Waals surface area contributed by atoms with Gasteiger partial charge in [-0.1, -0.05) is 48.0 Å². The molecule has 0 heterocycles. The summed E-state index contributed by atoms with van der Waals surface area (Å²) in [5.74, 6) is -1.62. The van der Waals surface area contributed by atoms with Crippen LogP contribution < -0.4 is 4.31 Å². The third-order valence-corrected chi connectivity index (χ3v) is 7.12. The van der Waals surface area contributed by atoms with Crippen LogP contribution in [0, 0.1) is 16.3 Å². The fourth-order valence-electron chi connectivity index (χ4n) is 3.00. The van der Waals surface area contributed by atoms with Gasteiger partial charge in [0.15, 0.2) is 0 Å². The molecular formula is C23H19FINO3S. The quantitative estimate of drug-likeness (QED) is 0.310. The summed E-state index contributed by atoms with van der Waals surface area (Å²) >= 11 is 1.96. The first kappa shape index (κ1) is 22.2. The first-order chi connectivity index (χ1) is 14.3. The molecule has 0 aliphatic carbocycles. The topological polar surface area (TPSA) is 54.5 Å². The lowest BCUT2D eigenvalue weighted by Crippen LogP contribution is -2.38. The van der Waals surface area contributed by atoms with Crippen molar-refractivity contribution in [3.8, 4) is 0 Å². The van der Waals surface area contributed by atoms with Crippen LogP contribution in [0.5, 0.6) is 0 Å². The van der Waals surface area contributed by atoms with E-state index in [1.54, 1.807) is 36.4 Å². The van der Waals surface area contributed by atoms with Gasteiger partial charge in [-0.15, -0.1) is 6.58 Å². The summed E-state index contributed by atoms with van der Waals surface area (Å²) in [6.07, 6.45) is 1.73. The molecule has 3 rings (SSSR count). The predicted molar refractivity (Wildman–Crippen MR) is 125 cm³/mol. The number of hydrogen-bond acceptors (Lipinski definition) is 3. The minimum atomic E-state index is -4.39. The molecule has 0 N–H and O–H groups in total. The average Bonchev–Trinajstić information content (AvgIpc) is 2.71. The maximum absolute atomic E-state index is 15.0. The summed E-state index contributed by atoms with van der Waals surface area (Å²) in [6.45, 7) is 5.48. The number of anilines is 1. The molecule has 0 unspecified atom stereocenters. The second-order valence-corrected chi connectivity index (χ2v) is 9.56. The molecule has 0 radical (unpaired) electrons. The minimum absolute atomic E-state index is 0.0970.